The molecular weight excluding hydrogens is 318 g/mol. The lowest BCUT2D eigenvalue weighted by molar-refractivity contribution is -0.133. The lowest BCUT2D eigenvalue weighted by atomic mass is 10.1. The van der Waals surface area contributed by atoms with Crippen molar-refractivity contribution >= 4 is 5.91 Å². The van der Waals surface area contributed by atoms with Crippen LogP contribution in [0.4, 0.5) is 8.78 Å². The van der Waals surface area contributed by atoms with Gasteiger partial charge in [-0.2, -0.15) is 4.98 Å². The molecular formula is C16H18F2N4O2. The Labute approximate surface area is 138 Å². The fourth-order valence-corrected chi connectivity index (χ4v) is 2.76. The van der Waals surface area contributed by atoms with E-state index >= 15 is 0 Å². The van der Waals surface area contributed by atoms with Crippen LogP contribution in [-0.4, -0.2) is 52.5 Å². The van der Waals surface area contributed by atoms with Crippen LogP contribution in [0.15, 0.2) is 22.7 Å². The van der Waals surface area contributed by atoms with Crippen molar-refractivity contribution in [3.63, 3.8) is 0 Å². The first-order valence-electron chi connectivity index (χ1n) is 7.66. The largest absolute Gasteiger partial charge is 0.339 e. The molecule has 1 aliphatic rings. The molecule has 1 aliphatic heterocycles. The van der Waals surface area contributed by atoms with Crippen LogP contribution in [0.1, 0.15) is 23.3 Å². The zero-order valence-corrected chi connectivity index (χ0v) is 13.5. The average molecular weight is 336 g/mol. The smallest absolute Gasteiger partial charge is 0.245 e. The molecule has 3 rings (SSSR count). The van der Waals surface area contributed by atoms with Crippen molar-refractivity contribution in [1.82, 2.24) is 19.9 Å². The Morgan fingerprint density at radius 1 is 1.38 bits per heavy atom. The molecule has 0 saturated carbocycles. The Kier molecular flexibility index (Phi) is 4.57. The van der Waals surface area contributed by atoms with Crippen molar-refractivity contribution < 1.29 is 18.1 Å². The van der Waals surface area contributed by atoms with Gasteiger partial charge in [0.2, 0.25) is 11.8 Å². The molecule has 24 heavy (non-hydrogen) atoms. The highest BCUT2D eigenvalue weighted by Gasteiger charge is 2.32. The molecule has 0 radical (unpaired) electrons. The van der Waals surface area contributed by atoms with E-state index in [4.69, 9.17) is 4.52 Å². The molecule has 1 saturated heterocycles. The number of hydrogen-bond donors (Lipinski definition) is 0. The van der Waals surface area contributed by atoms with Crippen LogP contribution in [0, 0.1) is 18.6 Å². The number of benzene rings is 1. The van der Waals surface area contributed by atoms with Gasteiger partial charge in [-0.15, -0.1) is 0 Å². The van der Waals surface area contributed by atoms with Gasteiger partial charge in [0.1, 0.15) is 17.7 Å². The first kappa shape index (κ1) is 16.5. The number of carbonyl (C=O) groups excluding carboxylic acids is 1. The number of halogens is 2. The van der Waals surface area contributed by atoms with Crippen LogP contribution in [-0.2, 0) is 11.2 Å². The third-order valence-corrected chi connectivity index (χ3v) is 4.19. The summed E-state index contributed by atoms with van der Waals surface area (Å²) in [4.78, 5) is 20.4. The molecule has 6 nitrogen and oxygen atoms in total. The number of nitrogens with zero attached hydrogens (tertiary/aromatic N) is 4. The summed E-state index contributed by atoms with van der Waals surface area (Å²) >= 11 is 0. The Hall–Kier alpha value is -2.35. The van der Waals surface area contributed by atoms with Crippen molar-refractivity contribution in [2.75, 3.05) is 26.7 Å². The highest BCUT2D eigenvalue weighted by Crippen LogP contribution is 2.23. The Morgan fingerprint density at radius 3 is 2.83 bits per heavy atom. The highest BCUT2D eigenvalue weighted by atomic mass is 19.1. The highest BCUT2D eigenvalue weighted by molar-refractivity contribution is 5.79. The molecule has 1 aromatic heterocycles. The zero-order valence-electron chi connectivity index (χ0n) is 13.5. The second-order valence-electron chi connectivity index (χ2n) is 5.93. The summed E-state index contributed by atoms with van der Waals surface area (Å²) in [6, 6.07) is 3.05. The first-order valence-corrected chi connectivity index (χ1v) is 7.66. The number of likely N-dealkylation sites (N-methyl/N-ethyl adjacent to an activating group) is 1. The molecule has 2 aromatic rings. The molecule has 1 atom stereocenters. The molecule has 1 aromatic carbocycles. The summed E-state index contributed by atoms with van der Waals surface area (Å²) in [5.41, 5.74) is 0.186. The van der Waals surface area contributed by atoms with Gasteiger partial charge >= 0.3 is 0 Å². The van der Waals surface area contributed by atoms with E-state index in [9.17, 15) is 13.6 Å². The number of rotatable bonds is 3. The van der Waals surface area contributed by atoms with Crippen molar-refractivity contribution in [3.05, 3.63) is 47.1 Å². The summed E-state index contributed by atoms with van der Waals surface area (Å²) < 4.78 is 31.9. The lowest BCUT2D eigenvalue weighted by Gasteiger charge is -2.37. The number of hydrogen-bond acceptors (Lipinski definition) is 5. The van der Waals surface area contributed by atoms with E-state index in [0.29, 0.717) is 31.3 Å². The summed E-state index contributed by atoms with van der Waals surface area (Å²) in [5, 5.41) is 3.78. The third-order valence-electron chi connectivity index (χ3n) is 4.19. The van der Waals surface area contributed by atoms with E-state index in [-0.39, 0.29) is 23.9 Å². The van der Waals surface area contributed by atoms with Crippen molar-refractivity contribution in [2.24, 2.45) is 0 Å². The maximum atomic E-state index is 13.7. The van der Waals surface area contributed by atoms with Gasteiger partial charge in [-0.25, -0.2) is 8.78 Å². The van der Waals surface area contributed by atoms with Gasteiger partial charge in [-0.3, -0.25) is 9.69 Å². The number of aromatic nitrogens is 2. The van der Waals surface area contributed by atoms with E-state index in [0.717, 1.165) is 12.1 Å². The summed E-state index contributed by atoms with van der Waals surface area (Å²) in [7, 11) is 1.92. The van der Waals surface area contributed by atoms with Crippen LogP contribution in [0.2, 0.25) is 0 Å². The molecule has 0 spiro atoms. The maximum Gasteiger partial charge on any atom is 0.245 e. The van der Waals surface area contributed by atoms with E-state index in [2.05, 4.69) is 10.1 Å². The van der Waals surface area contributed by atoms with Crippen LogP contribution in [0.5, 0.6) is 0 Å². The monoisotopic (exact) mass is 336 g/mol. The number of amides is 1. The van der Waals surface area contributed by atoms with Gasteiger partial charge in [0.25, 0.3) is 0 Å². The minimum Gasteiger partial charge on any atom is -0.339 e. The van der Waals surface area contributed by atoms with Gasteiger partial charge in [0.15, 0.2) is 5.82 Å². The number of carbonyl (C=O) groups is 1. The topological polar surface area (TPSA) is 62.5 Å². The average Bonchev–Trinajstić information content (AvgIpc) is 2.96. The van der Waals surface area contributed by atoms with Crippen molar-refractivity contribution in [3.8, 4) is 0 Å². The van der Waals surface area contributed by atoms with Gasteiger partial charge < -0.3 is 9.42 Å². The normalized spacial score (nSPS) is 18.8. The second-order valence-corrected chi connectivity index (χ2v) is 5.93. The Bertz CT molecular complexity index is 749. The van der Waals surface area contributed by atoms with E-state index in [1.807, 2.05) is 11.9 Å². The summed E-state index contributed by atoms with van der Waals surface area (Å²) in [6.45, 7) is 3.29. The Morgan fingerprint density at radius 2 is 2.17 bits per heavy atom. The Balaban J connectivity index is 1.71. The third kappa shape index (κ3) is 3.43. The van der Waals surface area contributed by atoms with E-state index in [1.165, 1.54) is 6.07 Å². The minimum absolute atomic E-state index is 0.106. The van der Waals surface area contributed by atoms with Crippen molar-refractivity contribution in [1.29, 1.82) is 0 Å². The SMILES string of the molecule is Cc1noc([C@@H]2CN(C(=O)Cc3ccc(F)cc3F)CCN2C)n1. The standard InChI is InChI=1S/C16H18F2N4O2/c1-10-19-16(24-20-10)14-9-22(6-5-21(14)2)15(23)7-11-3-4-12(17)8-13(11)18/h3-4,8,14H,5-7,9H2,1-2H3/t14-/m0/s1. The first-order chi connectivity index (χ1) is 11.4. The molecule has 0 N–H and O–H groups in total. The molecule has 2 heterocycles. The molecule has 0 unspecified atom stereocenters. The van der Waals surface area contributed by atoms with E-state index < -0.39 is 11.6 Å². The van der Waals surface area contributed by atoms with Crippen LogP contribution < -0.4 is 0 Å². The number of aryl methyl sites for hydroxylation is 1. The predicted molar refractivity (Wildman–Crippen MR) is 81.0 cm³/mol. The quantitative estimate of drug-likeness (QED) is 0.854. The van der Waals surface area contributed by atoms with E-state index in [1.54, 1.807) is 11.8 Å². The van der Waals surface area contributed by atoms with Crippen LogP contribution >= 0.6 is 0 Å². The second kappa shape index (κ2) is 6.64. The summed E-state index contributed by atoms with van der Waals surface area (Å²) in [5.74, 6) is -0.581. The maximum absolute atomic E-state index is 13.7. The van der Waals surface area contributed by atoms with Gasteiger partial charge in [0.05, 0.1) is 6.42 Å². The predicted octanol–water partition coefficient (Wildman–Crippen LogP) is 1.71. The fourth-order valence-electron chi connectivity index (χ4n) is 2.76. The molecule has 0 aliphatic carbocycles. The molecule has 8 heteroatoms. The van der Waals surface area contributed by atoms with Gasteiger partial charge in [0, 0.05) is 25.7 Å². The minimum atomic E-state index is -0.707. The molecule has 128 valence electrons. The fraction of sp³-hybridized carbons (Fsp3) is 0.438. The molecule has 1 fully saturated rings. The molecule has 0 bridgehead atoms. The zero-order chi connectivity index (χ0) is 17.3. The van der Waals surface area contributed by atoms with Crippen LogP contribution in [0.3, 0.4) is 0 Å². The number of piperazine rings is 1. The van der Waals surface area contributed by atoms with Gasteiger partial charge in [-0.1, -0.05) is 11.2 Å². The lowest BCUT2D eigenvalue weighted by Crippen LogP contribution is -2.49. The van der Waals surface area contributed by atoms with Gasteiger partial charge in [-0.05, 0) is 25.6 Å². The van der Waals surface area contributed by atoms with Crippen LogP contribution in [0.25, 0.3) is 0 Å². The summed E-state index contributed by atoms with van der Waals surface area (Å²) in [6.07, 6.45) is -0.106. The van der Waals surface area contributed by atoms with Crippen molar-refractivity contribution in [2.45, 2.75) is 19.4 Å². The molecule has 1 amide bonds.